The Kier molecular flexibility index (Phi) is 6.24. The first-order valence-corrected chi connectivity index (χ1v) is 9.88. The van der Waals surface area contributed by atoms with Crippen molar-refractivity contribution in [2.45, 2.75) is 27.2 Å². The van der Waals surface area contributed by atoms with Crippen LogP contribution in [0.25, 0.3) is 0 Å². The number of nitrogens with zero attached hydrogens (tertiary/aromatic N) is 1. The molecule has 0 spiro atoms. The quantitative estimate of drug-likeness (QED) is 0.603. The highest BCUT2D eigenvalue weighted by molar-refractivity contribution is 7.14. The SMILES string of the molecule is Cc1nc(Cc2ccccc2)sc1C(=O)Nc1ccccc1OCC(C)C. The van der Waals surface area contributed by atoms with Crippen molar-refractivity contribution in [1.29, 1.82) is 0 Å². The van der Waals surface area contributed by atoms with Crippen molar-refractivity contribution in [3.63, 3.8) is 0 Å². The molecule has 27 heavy (non-hydrogen) atoms. The van der Waals surface area contributed by atoms with E-state index in [0.717, 1.165) is 17.1 Å². The molecule has 2 aromatic carbocycles. The Bertz CT molecular complexity index is 904. The number of nitrogens with one attached hydrogen (secondary N) is 1. The average Bonchev–Trinajstić information content (AvgIpc) is 3.02. The van der Waals surface area contributed by atoms with E-state index in [2.05, 4.69) is 36.3 Å². The van der Waals surface area contributed by atoms with Crippen molar-refractivity contribution in [3.05, 3.63) is 75.7 Å². The van der Waals surface area contributed by atoms with Crippen molar-refractivity contribution >= 4 is 22.9 Å². The third-order valence-electron chi connectivity index (χ3n) is 3.95. The van der Waals surface area contributed by atoms with Crippen LogP contribution in [-0.2, 0) is 6.42 Å². The van der Waals surface area contributed by atoms with Crippen molar-refractivity contribution < 1.29 is 9.53 Å². The molecule has 0 radical (unpaired) electrons. The Morgan fingerprint density at radius 3 is 2.56 bits per heavy atom. The van der Waals surface area contributed by atoms with E-state index in [0.29, 0.717) is 28.8 Å². The van der Waals surface area contributed by atoms with Crippen LogP contribution in [0.5, 0.6) is 5.75 Å². The fourth-order valence-corrected chi connectivity index (χ4v) is 3.63. The summed E-state index contributed by atoms with van der Waals surface area (Å²) in [5.41, 5.74) is 2.62. The molecule has 3 rings (SSSR count). The van der Waals surface area contributed by atoms with Gasteiger partial charge in [0.1, 0.15) is 10.6 Å². The summed E-state index contributed by atoms with van der Waals surface area (Å²) in [5.74, 6) is 0.953. The Balaban J connectivity index is 1.73. The van der Waals surface area contributed by atoms with Crippen molar-refractivity contribution in [2.75, 3.05) is 11.9 Å². The summed E-state index contributed by atoms with van der Waals surface area (Å²) in [4.78, 5) is 18.0. The van der Waals surface area contributed by atoms with E-state index < -0.39 is 0 Å². The van der Waals surface area contributed by atoms with Gasteiger partial charge in [0.15, 0.2) is 0 Å². The summed E-state index contributed by atoms with van der Waals surface area (Å²) >= 11 is 1.44. The lowest BCUT2D eigenvalue weighted by Gasteiger charge is -2.13. The Labute approximate surface area is 164 Å². The van der Waals surface area contributed by atoms with Crippen LogP contribution in [-0.4, -0.2) is 17.5 Å². The highest BCUT2D eigenvalue weighted by Gasteiger charge is 2.17. The molecule has 0 unspecified atom stereocenters. The number of carbonyl (C=O) groups excluding carboxylic acids is 1. The number of amides is 1. The van der Waals surface area contributed by atoms with E-state index in [1.165, 1.54) is 16.9 Å². The molecular formula is C22H24N2O2S. The molecule has 0 aliphatic rings. The standard InChI is InChI=1S/C22H24N2O2S/c1-15(2)14-26-19-12-8-7-11-18(19)24-22(25)21-16(3)23-20(27-21)13-17-9-5-4-6-10-17/h4-12,15H,13-14H2,1-3H3,(H,24,25). The number of ether oxygens (including phenoxy) is 1. The minimum absolute atomic E-state index is 0.148. The molecule has 5 heteroatoms. The fourth-order valence-electron chi connectivity index (χ4n) is 2.64. The number of aryl methyl sites for hydroxylation is 1. The molecule has 0 atom stereocenters. The topological polar surface area (TPSA) is 51.2 Å². The van der Waals surface area contributed by atoms with Crippen LogP contribution in [0.2, 0.25) is 0 Å². The molecule has 1 N–H and O–H groups in total. The molecule has 1 aromatic heterocycles. The van der Waals surface area contributed by atoms with Gasteiger partial charge in [0.05, 0.1) is 23.0 Å². The van der Waals surface area contributed by atoms with Crippen molar-refractivity contribution in [3.8, 4) is 5.75 Å². The molecule has 1 amide bonds. The van der Waals surface area contributed by atoms with E-state index in [4.69, 9.17) is 4.74 Å². The smallest absolute Gasteiger partial charge is 0.267 e. The van der Waals surface area contributed by atoms with E-state index in [9.17, 15) is 4.79 Å². The normalized spacial score (nSPS) is 10.8. The van der Waals surface area contributed by atoms with Crippen LogP contribution in [0.1, 0.15) is 39.8 Å². The van der Waals surface area contributed by atoms with Gasteiger partial charge in [-0.3, -0.25) is 4.79 Å². The fraction of sp³-hybridized carbons (Fsp3) is 0.273. The van der Waals surface area contributed by atoms with Crippen LogP contribution in [0.15, 0.2) is 54.6 Å². The number of hydrogen-bond donors (Lipinski definition) is 1. The van der Waals surface area contributed by atoms with Gasteiger partial charge in [-0.05, 0) is 30.5 Å². The van der Waals surface area contributed by atoms with Gasteiger partial charge >= 0.3 is 0 Å². The molecule has 140 valence electrons. The van der Waals surface area contributed by atoms with E-state index in [1.54, 1.807) is 0 Å². The molecule has 4 nitrogen and oxygen atoms in total. The maximum atomic E-state index is 12.8. The minimum Gasteiger partial charge on any atom is -0.491 e. The lowest BCUT2D eigenvalue weighted by atomic mass is 10.2. The molecular weight excluding hydrogens is 356 g/mol. The minimum atomic E-state index is -0.148. The van der Waals surface area contributed by atoms with Gasteiger partial charge in [-0.2, -0.15) is 0 Å². The zero-order chi connectivity index (χ0) is 19.2. The van der Waals surface area contributed by atoms with Crippen molar-refractivity contribution in [2.24, 2.45) is 5.92 Å². The zero-order valence-electron chi connectivity index (χ0n) is 15.9. The molecule has 0 aliphatic heterocycles. The second kappa shape index (κ2) is 8.82. The molecule has 0 fully saturated rings. The van der Waals surface area contributed by atoms with Gasteiger partial charge in [0, 0.05) is 6.42 Å². The van der Waals surface area contributed by atoms with Crippen molar-refractivity contribution in [1.82, 2.24) is 4.98 Å². The second-order valence-electron chi connectivity index (χ2n) is 6.84. The summed E-state index contributed by atoms with van der Waals surface area (Å²) in [6.07, 6.45) is 0.730. The monoisotopic (exact) mass is 380 g/mol. The number of thiazole rings is 1. The summed E-state index contributed by atoms with van der Waals surface area (Å²) < 4.78 is 5.82. The molecule has 0 bridgehead atoms. The van der Waals surface area contributed by atoms with Crippen LogP contribution >= 0.6 is 11.3 Å². The Morgan fingerprint density at radius 2 is 1.81 bits per heavy atom. The number of anilines is 1. The lowest BCUT2D eigenvalue weighted by molar-refractivity contribution is 0.102. The summed E-state index contributed by atoms with van der Waals surface area (Å²) in [7, 11) is 0. The Morgan fingerprint density at radius 1 is 1.11 bits per heavy atom. The molecule has 0 saturated carbocycles. The second-order valence-corrected chi connectivity index (χ2v) is 7.92. The molecule has 1 heterocycles. The maximum absolute atomic E-state index is 12.8. The van der Waals surface area contributed by atoms with E-state index >= 15 is 0 Å². The number of carbonyl (C=O) groups is 1. The van der Waals surface area contributed by atoms with Crippen LogP contribution in [0.3, 0.4) is 0 Å². The summed E-state index contributed by atoms with van der Waals surface area (Å²) in [5, 5.41) is 3.91. The molecule has 0 aliphatic carbocycles. The third kappa shape index (κ3) is 5.17. The predicted molar refractivity (Wildman–Crippen MR) is 111 cm³/mol. The highest BCUT2D eigenvalue weighted by atomic mass is 32.1. The van der Waals surface area contributed by atoms with Crippen LogP contribution in [0.4, 0.5) is 5.69 Å². The highest BCUT2D eigenvalue weighted by Crippen LogP contribution is 2.27. The van der Waals surface area contributed by atoms with E-state index in [-0.39, 0.29) is 5.91 Å². The number of aromatic nitrogens is 1. The first kappa shape index (κ1) is 19.1. The largest absolute Gasteiger partial charge is 0.491 e. The van der Waals surface area contributed by atoms with Gasteiger partial charge in [-0.1, -0.05) is 56.3 Å². The average molecular weight is 381 g/mol. The predicted octanol–water partition coefficient (Wildman–Crippen LogP) is 5.33. The number of benzene rings is 2. The molecule has 3 aromatic rings. The maximum Gasteiger partial charge on any atom is 0.267 e. The first-order chi connectivity index (χ1) is 13.0. The van der Waals surface area contributed by atoms with Crippen LogP contribution < -0.4 is 10.1 Å². The zero-order valence-corrected chi connectivity index (χ0v) is 16.7. The number of para-hydroxylation sites is 2. The van der Waals surface area contributed by atoms with Gasteiger partial charge in [-0.25, -0.2) is 4.98 Å². The third-order valence-corrected chi connectivity index (χ3v) is 5.11. The first-order valence-electron chi connectivity index (χ1n) is 9.06. The Hall–Kier alpha value is -2.66. The van der Waals surface area contributed by atoms with Gasteiger partial charge in [0.25, 0.3) is 5.91 Å². The summed E-state index contributed by atoms with van der Waals surface area (Å²) in [6.45, 7) is 6.67. The van der Waals surface area contributed by atoms with Gasteiger partial charge in [-0.15, -0.1) is 11.3 Å². The van der Waals surface area contributed by atoms with Gasteiger partial charge < -0.3 is 10.1 Å². The number of hydrogen-bond acceptors (Lipinski definition) is 4. The lowest BCUT2D eigenvalue weighted by Crippen LogP contribution is -2.13. The summed E-state index contributed by atoms with van der Waals surface area (Å²) in [6, 6.07) is 17.7. The van der Waals surface area contributed by atoms with Crippen LogP contribution in [0, 0.1) is 12.8 Å². The van der Waals surface area contributed by atoms with E-state index in [1.807, 2.05) is 49.4 Å². The molecule has 0 saturated heterocycles. The van der Waals surface area contributed by atoms with Gasteiger partial charge in [0.2, 0.25) is 0 Å². The number of rotatable bonds is 7.